The maximum atomic E-state index is 11.1. The SMILES string of the molecule is OC1(Cc2ccco2)CCCCC1c1ccccc1. The summed E-state index contributed by atoms with van der Waals surface area (Å²) in [6, 6.07) is 14.2. The summed E-state index contributed by atoms with van der Waals surface area (Å²) >= 11 is 0. The molecule has 1 aromatic heterocycles. The highest BCUT2D eigenvalue weighted by molar-refractivity contribution is 5.25. The Hall–Kier alpha value is -1.54. The molecule has 0 saturated heterocycles. The summed E-state index contributed by atoms with van der Waals surface area (Å²) in [5, 5.41) is 11.1. The highest BCUT2D eigenvalue weighted by Gasteiger charge is 2.40. The first kappa shape index (κ1) is 12.5. The number of furan rings is 1. The lowest BCUT2D eigenvalue weighted by atomic mass is 9.70. The quantitative estimate of drug-likeness (QED) is 0.903. The van der Waals surface area contributed by atoms with Gasteiger partial charge in [0.25, 0.3) is 0 Å². The molecular weight excluding hydrogens is 236 g/mol. The highest BCUT2D eigenvalue weighted by atomic mass is 16.3. The third-order valence-corrected chi connectivity index (χ3v) is 4.26. The van der Waals surface area contributed by atoms with Crippen molar-refractivity contribution in [3.05, 3.63) is 60.1 Å². The van der Waals surface area contributed by atoms with E-state index in [9.17, 15) is 5.11 Å². The van der Waals surface area contributed by atoms with E-state index in [1.54, 1.807) is 6.26 Å². The predicted molar refractivity (Wildman–Crippen MR) is 75.0 cm³/mol. The molecule has 0 amide bonds. The predicted octanol–water partition coefficient (Wildman–Crippen LogP) is 3.91. The van der Waals surface area contributed by atoms with Gasteiger partial charge in [0, 0.05) is 12.3 Å². The maximum absolute atomic E-state index is 11.1. The molecule has 2 atom stereocenters. The lowest BCUT2D eigenvalue weighted by molar-refractivity contribution is -0.0204. The molecule has 3 rings (SSSR count). The van der Waals surface area contributed by atoms with Gasteiger partial charge in [-0.1, -0.05) is 43.2 Å². The second kappa shape index (κ2) is 5.22. The van der Waals surface area contributed by atoms with Gasteiger partial charge >= 0.3 is 0 Å². The maximum Gasteiger partial charge on any atom is 0.106 e. The topological polar surface area (TPSA) is 33.4 Å². The fourth-order valence-corrected chi connectivity index (χ4v) is 3.31. The van der Waals surface area contributed by atoms with E-state index in [0.29, 0.717) is 6.42 Å². The molecule has 0 aliphatic heterocycles. The van der Waals surface area contributed by atoms with Gasteiger partial charge in [-0.15, -0.1) is 0 Å². The van der Waals surface area contributed by atoms with E-state index >= 15 is 0 Å². The minimum absolute atomic E-state index is 0.215. The van der Waals surface area contributed by atoms with E-state index in [-0.39, 0.29) is 5.92 Å². The molecule has 1 aliphatic carbocycles. The van der Waals surface area contributed by atoms with Gasteiger partial charge in [-0.05, 0) is 30.5 Å². The number of hydrogen-bond donors (Lipinski definition) is 1. The minimum atomic E-state index is -0.669. The third kappa shape index (κ3) is 2.59. The van der Waals surface area contributed by atoms with Crippen molar-refractivity contribution in [1.82, 2.24) is 0 Å². The normalized spacial score (nSPS) is 27.3. The van der Waals surface area contributed by atoms with Crippen LogP contribution in [0.1, 0.15) is 42.9 Å². The van der Waals surface area contributed by atoms with Crippen LogP contribution in [0.15, 0.2) is 53.1 Å². The van der Waals surface area contributed by atoms with Crippen LogP contribution in [0.5, 0.6) is 0 Å². The third-order valence-electron chi connectivity index (χ3n) is 4.26. The molecule has 2 heteroatoms. The zero-order chi connectivity index (χ0) is 13.1. The Morgan fingerprint density at radius 1 is 1.11 bits per heavy atom. The van der Waals surface area contributed by atoms with Gasteiger partial charge in [0.15, 0.2) is 0 Å². The van der Waals surface area contributed by atoms with Crippen molar-refractivity contribution in [2.75, 3.05) is 0 Å². The van der Waals surface area contributed by atoms with Crippen molar-refractivity contribution in [2.24, 2.45) is 0 Å². The van der Waals surface area contributed by atoms with E-state index in [2.05, 4.69) is 24.3 Å². The number of aliphatic hydroxyl groups is 1. The van der Waals surface area contributed by atoms with Crippen LogP contribution in [0, 0.1) is 0 Å². The van der Waals surface area contributed by atoms with Crippen LogP contribution in [0.3, 0.4) is 0 Å². The molecule has 0 radical (unpaired) electrons. The summed E-state index contributed by atoms with van der Waals surface area (Å²) in [5.74, 6) is 1.10. The summed E-state index contributed by atoms with van der Waals surface area (Å²) < 4.78 is 5.43. The molecule has 2 unspecified atom stereocenters. The minimum Gasteiger partial charge on any atom is -0.469 e. The van der Waals surface area contributed by atoms with Gasteiger partial charge in [-0.2, -0.15) is 0 Å². The van der Waals surface area contributed by atoms with Crippen LogP contribution in [0.2, 0.25) is 0 Å². The van der Waals surface area contributed by atoms with Crippen molar-refractivity contribution in [3.8, 4) is 0 Å². The Morgan fingerprint density at radius 2 is 1.95 bits per heavy atom. The Labute approximate surface area is 114 Å². The molecule has 1 aromatic carbocycles. The fourth-order valence-electron chi connectivity index (χ4n) is 3.31. The summed E-state index contributed by atoms with van der Waals surface area (Å²) in [6.45, 7) is 0. The first-order chi connectivity index (χ1) is 9.28. The van der Waals surface area contributed by atoms with Crippen molar-refractivity contribution in [3.63, 3.8) is 0 Å². The van der Waals surface area contributed by atoms with Gasteiger partial charge in [0.2, 0.25) is 0 Å². The van der Waals surface area contributed by atoms with Crippen molar-refractivity contribution in [2.45, 2.75) is 43.6 Å². The Kier molecular flexibility index (Phi) is 3.43. The lowest BCUT2D eigenvalue weighted by Crippen LogP contribution is -2.41. The van der Waals surface area contributed by atoms with Crippen LogP contribution in [0.4, 0.5) is 0 Å². The molecule has 1 heterocycles. The average Bonchev–Trinajstić information content (AvgIpc) is 2.92. The number of rotatable bonds is 3. The molecule has 2 nitrogen and oxygen atoms in total. The van der Waals surface area contributed by atoms with Crippen LogP contribution in [-0.2, 0) is 6.42 Å². The van der Waals surface area contributed by atoms with Gasteiger partial charge in [-0.3, -0.25) is 0 Å². The Morgan fingerprint density at radius 3 is 2.68 bits per heavy atom. The number of benzene rings is 1. The van der Waals surface area contributed by atoms with Gasteiger partial charge in [0.1, 0.15) is 5.76 Å². The first-order valence-electron chi connectivity index (χ1n) is 7.08. The van der Waals surface area contributed by atoms with Crippen LogP contribution in [-0.4, -0.2) is 10.7 Å². The van der Waals surface area contributed by atoms with Crippen LogP contribution in [0.25, 0.3) is 0 Å². The zero-order valence-electron chi connectivity index (χ0n) is 11.1. The monoisotopic (exact) mass is 256 g/mol. The molecule has 2 aromatic rings. The summed E-state index contributed by atoms with van der Waals surface area (Å²) in [4.78, 5) is 0. The summed E-state index contributed by atoms with van der Waals surface area (Å²) in [7, 11) is 0. The van der Waals surface area contributed by atoms with E-state index < -0.39 is 5.60 Å². The molecular formula is C17H20O2. The van der Waals surface area contributed by atoms with Crippen LogP contribution < -0.4 is 0 Å². The second-order valence-electron chi connectivity index (χ2n) is 5.57. The van der Waals surface area contributed by atoms with E-state index in [1.165, 1.54) is 12.0 Å². The summed E-state index contributed by atoms with van der Waals surface area (Å²) in [5.41, 5.74) is 0.577. The second-order valence-corrected chi connectivity index (χ2v) is 5.57. The molecule has 0 spiro atoms. The van der Waals surface area contributed by atoms with Gasteiger partial charge < -0.3 is 9.52 Å². The van der Waals surface area contributed by atoms with E-state index in [4.69, 9.17) is 4.42 Å². The highest BCUT2D eigenvalue weighted by Crippen LogP contribution is 2.42. The van der Waals surface area contributed by atoms with Crippen molar-refractivity contribution in [1.29, 1.82) is 0 Å². The fraction of sp³-hybridized carbons (Fsp3) is 0.412. The first-order valence-corrected chi connectivity index (χ1v) is 7.08. The average molecular weight is 256 g/mol. The lowest BCUT2D eigenvalue weighted by Gasteiger charge is -2.40. The smallest absolute Gasteiger partial charge is 0.106 e. The molecule has 1 aliphatic rings. The molecule has 1 N–H and O–H groups in total. The Balaban J connectivity index is 1.88. The van der Waals surface area contributed by atoms with Crippen molar-refractivity contribution < 1.29 is 9.52 Å². The van der Waals surface area contributed by atoms with Gasteiger partial charge in [-0.25, -0.2) is 0 Å². The Bertz CT molecular complexity index is 503. The summed E-state index contributed by atoms with van der Waals surface area (Å²) in [6.07, 6.45) is 6.49. The van der Waals surface area contributed by atoms with Crippen molar-refractivity contribution >= 4 is 0 Å². The molecule has 1 fully saturated rings. The zero-order valence-corrected chi connectivity index (χ0v) is 11.1. The molecule has 100 valence electrons. The number of hydrogen-bond acceptors (Lipinski definition) is 2. The molecule has 1 saturated carbocycles. The van der Waals surface area contributed by atoms with Gasteiger partial charge in [0.05, 0.1) is 11.9 Å². The molecule has 19 heavy (non-hydrogen) atoms. The largest absolute Gasteiger partial charge is 0.469 e. The van der Waals surface area contributed by atoms with Crippen LogP contribution >= 0.6 is 0 Å². The standard InChI is InChI=1S/C17H20O2/c18-17(13-15-9-6-12-19-15)11-5-4-10-16(17)14-7-2-1-3-8-14/h1-3,6-9,12,16,18H,4-5,10-11,13H2. The van der Waals surface area contributed by atoms with E-state index in [1.807, 2.05) is 18.2 Å². The molecule has 0 bridgehead atoms. The van der Waals surface area contributed by atoms with E-state index in [0.717, 1.165) is 25.0 Å².